The van der Waals surface area contributed by atoms with E-state index in [1.54, 1.807) is 0 Å². The Labute approximate surface area is 96.7 Å². The van der Waals surface area contributed by atoms with Crippen LogP contribution in [0.5, 0.6) is 0 Å². The molecule has 1 saturated heterocycles. The van der Waals surface area contributed by atoms with Crippen molar-refractivity contribution in [3.05, 3.63) is 23.4 Å². The van der Waals surface area contributed by atoms with Crippen molar-refractivity contribution in [1.82, 2.24) is 4.98 Å². The fraction of sp³-hybridized carbons (Fsp3) is 0.615. The zero-order chi connectivity index (χ0) is 11.1. The molecule has 2 heterocycles. The summed E-state index contributed by atoms with van der Waals surface area (Å²) in [6.07, 6.45) is 3.62. The summed E-state index contributed by atoms with van der Waals surface area (Å²) in [6, 6.07) is 4.71. The summed E-state index contributed by atoms with van der Waals surface area (Å²) in [5, 5.41) is 0. The molecule has 2 atom stereocenters. The van der Waals surface area contributed by atoms with Crippen LogP contribution in [0.25, 0.3) is 0 Å². The number of nitrogens with zero attached hydrogens (tertiary/aromatic N) is 2. The van der Waals surface area contributed by atoms with Crippen LogP contribution in [0, 0.1) is 5.92 Å². The molecule has 16 heavy (non-hydrogen) atoms. The molecular weight excluding hydrogens is 198 g/mol. The van der Waals surface area contributed by atoms with Crippen LogP contribution in [0.15, 0.2) is 12.1 Å². The van der Waals surface area contributed by atoms with Crippen molar-refractivity contribution in [1.29, 1.82) is 0 Å². The molecule has 86 valence electrons. The maximum atomic E-state index is 6.05. The number of hydrogen-bond donors (Lipinski definition) is 1. The highest BCUT2D eigenvalue weighted by molar-refractivity contribution is 5.44. The van der Waals surface area contributed by atoms with E-state index in [2.05, 4.69) is 24.0 Å². The molecule has 1 aromatic rings. The Morgan fingerprint density at radius 1 is 1.31 bits per heavy atom. The third-order valence-electron chi connectivity index (χ3n) is 3.91. The van der Waals surface area contributed by atoms with Gasteiger partial charge in [0.15, 0.2) is 0 Å². The van der Waals surface area contributed by atoms with Gasteiger partial charge in [-0.3, -0.25) is 0 Å². The van der Waals surface area contributed by atoms with E-state index < -0.39 is 0 Å². The largest absolute Gasteiger partial charge is 0.355 e. The van der Waals surface area contributed by atoms with Gasteiger partial charge in [0.05, 0.1) is 0 Å². The fourth-order valence-corrected chi connectivity index (χ4v) is 2.76. The molecule has 2 N–H and O–H groups in total. The lowest BCUT2D eigenvalue weighted by molar-refractivity contribution is 0.566. The summed E-state index contributed by atoms with van der Waals surface area (Å²) in [5.74, 6) is 1.70. The summed E-state index contributed by atoms with van der Waals surface area (Å²) in [7, 11) is 0. The molecule has 0 aromatic carbocycles. The van der Waals surface area contributed by atoms with Gasteiger partial charge in [0, 0.05) is 24.8 Å². The van der Waals surface area contributed by atoms with Crippen molar-refractivity contribution < 1.29 is 0 Å². The van der Waals surface area contributed by atoms with Gasteiger partial charge < -0.3 is 10.6 Å². The van der Waals surface area contributed by atoms with Gasteiger partial charge in [-0.1, -0.05) is 13.0 Å². The first-order valence-corrected chi connectivity index (χ1v) is 6.23. The van der Waals surface area contributed by atoms with Crippen LogP contribution in [0.2, 0.25) is 0 Å². The number of aryl methyl sites for hydroxylation is 2. The second kappa shape index (κ2) is 3.74. The molecule has 3 heteroatoms. The zero-order valence-corrected chi connectivity index (χ0v) is 9.82. The number of pyridine rings is 1. The van der Waals surface area contributed by atoms with E-state index >= 15 is 0 Å². The van der Waals surface area contributed by atoms with Gasteiger partial charge in [-0.15, -0.1) is 0 Å². The second-order valence-corrected chi connectivity index (χ2v) is 5.17. The molecule has 3 nitrogen and oxygen atoms in total. The van der Waals surface area contributed by atoms with Crippen LogP contribution in [0.3, 0.4) is 0 Å². The molecule has 0 amide bonds. The molecule has 1 aliphatic carbocycles. The van der Waals surface area contributed by atoms with Crippen molar-refractivity contribution in [2.75, 3.05) is 18.0 Å². The first kappa shape index (κ1) is 10.1. The van der Waals surface area contributed by atoms with Crippen LogP contribution in [0.4, 0.5) is 5.82 Å². The number of rotatable bonds is 1. The van der Waals surface area contributed by atoms with E-state index in [9.17, 15) is 0 Å². The molecule has 0 saturated carbocycles. The lowest BCUT2D eigenvalue weighted by Gasteiger charge is -2.17. The van der Waals surface area contributed by atoms with Crippen molar-refractivity contribution in [3.63, 3.8) is 0 Å². The van der Waals surface area contributed by atoms with Crippen LogP contribution < -0.4 is 10.6 Å². The lowest BCUT2D eigenvalue weighted by Crippen LogP contribution is -2.28. The summed E-state index contributed by atoms with van der Waals surface area (Å²) in [4.78, 5) is 7.10. The first-order valence-electron chi connectivity index (χ1n) is 6.23. The van der Waals surface area contributed by atoms with E-state index in [0.29, 0.717) is 12.0 Å². The van der Waals surface area contributed by atoms with Gasteiger partial charge in [-0.2, -0.15) is 0 Å². The molecule has 1 fully saturated rings. The monoisotopic (exact) mass is 217 g/mol. The summed E-state index contributed by atoms with van der Waals surface area (Å²) >= 11 is 0. The predicted molar refractivity (Wildman–Crippen MR) is 65.6 cm³/mol. The fourth-order valence-electron chi connectivity index (χ4n) is 2.76. The highest BCUT2D eigenvalue weighted by Gasteiger charge is 2.27. The minimum atomic E-state index is 0.301. The van der Waals surface area contributed by atoms with Crippen molar-refractivity contribution in [2.45, 2.75) is 32.2 Å². The molecular formula is C13H19N3. The average molecular weight is 217 g/mol. The smallest absolute Gasteiger partial charge is 0.128 e. The minimum absolute atomic E-state index is 0.301. The molecule has 1 aliphatic heterocycles. The predicted octanol–water partition coefficient (Wildman–Crippen LogP) is 1.35. The Bertz CT molecular complexity index is 392. The molecule has 0 radical (unpaired) electrons. The maximum Gasteiger partial charge on any atom is 0.128 e. The van der Waals surface area contributed by atoms with E-state index in [-0.39, 0.29) is 0 Å². The third kappa shape index (κ3) is 1.59. The topological polar surface area (TPSA) is 42.2 Å². The molecule has 2 aliphatic rings. The highest BCUT2D eigenvalue weighted by atomic mass is 15.2. The minimum Gasteiger partial charge on any atom is -0.355 e. The van der Waals surface area contributed by atoms with E-state index in [4.69, 9.17) is 10.7 Å². The van der Waals surface area contributed by atoms with Crippen LogP contribution in [-0.2, 0) is 12.8 Å². The van der Waals surface area contributed by atoms with Gasteiger partial charge >= 0.3 is 0 Å². The van der Waals surface area contributed by atoms with E-state index in [1.807, 2.05) is 0 Å². The Hall–Kier alpha value is -1.09. The first-order chi connectivity index (χ1) is 7.74. The Kier molecular flexibility index (Phi) is 2.36. The van der Waals surface area contributed by atoms with Crippen LogP contribution in [0.1, 0.15) is 24.6 Å². The molecule has 0 spiro atoms. The molecule has 0 bridgehead atoms. The summed E-state index contributed by atoms with van der Waals surface area (Å²) in [5.41, 5.74) is 8.80. The second-order valence-electron chi connectivity index (χ2n) is 5.17. The van der Waals surface area contributed by atoms with Gasteiger partial charge in [0.25, 0.3) is 0 Å². The van der Waals surface area contributed by atoms with Crippen LogP contribution in [-0.4, -0.2) is 24.1 Å². The van der Waals surface area contributed by atoms with E-state index in [0.717, 1.165) is 25.3 Å². The highest BCUT2D eigenvalue weighted by Crippen LogP contribution is 2.26. The Balaban J connectivity index is 1.85. The lowest BCUT2D eigenvalue weighted by atomic mass is 10.1. The number of nitrogens with two attached hydrogens (primary N) is 1. The quantitative estimate of drug-likeness (QED) is 0.772. The normalized spacial score (nSPS) is 28.5. The molecule has 2 unspecified atom stereocenters. The van der Waals surface area contributed by atoms with Gasteiger partial charge in [0.1, 0.15) is 5.82 Å². The van der Waals surface area contributed by atoms with Gasteiger partial charge in [0.2, 0.25) is 0 Å². The average Bonchev–Trinajstić information content (AvgIpc) is 2.85. The number of aromatic nitrogens is 1. The standard InChI is InChI=1S/C13H19N3/c1-9-7-16(8-11(9)14)13-6-5-10-3-2-4-12(10)15-13/h5-6,9,11H,2-4,7-8,14H2,1H3. The van der Waals surface area contributed by atoms with E-state index in [1.165, 1.54) is 24.1 Å². The van der Waals surface area contributed by atoms with Crippen molar-refractivity contribution >= 4 is 5.82 Å². The summed E-state index contributed by atoms with van der Waals surface area (Å²) < 4.78 is 0. The Morgan fingerprint density at radius 3 is 2.94 bits per heavy atom. The molecule has 1 aromatic heterocycles. The van der Waals surface area contributed by atoms with Gasteiger partial charge in [-0.25, -0.2) is 4.98 Å². The number of hydrogen-bond acceptors (Lipinski definition) is 3. The maximum absolute atomic E-state index is 6.05. The zero-order valence-electron chi connectivity index (χ0n) is 9.82. The SMILES string of the molecule is CC1CN(c2ccc3c(n2)CCC3)CC1N. The molecule has 3 rings (SSSR count). The third-order valence-corrected chi connectivity index (χ3v) is 3.91. The van der Waals surface area contributed by atoms with Crippen molar-refractivity contribution in [3.8, 4) is 0 Å². The number of fused-ring (bicyclic) bond motifs is 1. The summed E-state index contributed by atoms with van der Waals surface area (Å²) in [6.45, 7) is 4.22. The Morgan fingerprint density at radius 2 is 2.19 bits per heavy atom. The van der Waals surface area contributed by atoms with Crippen LogP contribution >= 0.6 is 0 Å². The number of anilines is 1. The van der Waals surface area contributed by atoms with Crippen molar-refractivity contribution in [2.24, 2.45) is 11.7 Å². The van der Waals surface area contributed by atoms with Gasteiger partial charge in [-0.05, 0) is 36.8 Å².